The molecule has 0 radical (unpaired) electrons. The van der Waals surface area contributed by atoms with Crippen molar-refractivity contribution >= 4 is 5.78 Å². The lowest BCUT2D eigenvalue weighted by atomic mass is 9.78. The van der Waals surface area contributed by atoms with Crippen molar-refractivity contribution in [1.29, 1.82) is 0 Å². The summed E-state index contributed by atoms with van der Waals surface area (Å²) in [5.41, 5.74) is 0.380. The molecule has 2 N–H and O–H groups in total. The topological polar surface area (TPSA) is 53.1 Å². The Morgan fingerprint density at radius 1 is 0.964 bits per heavy atom. The largest absolute Gasteiger partial charge is 0.507 e. The predicted octanol–water partition coefficient (Wildman–Crippen LogP) is 6.15. The minimum absolute atomic E-state index is 0.0540. The van der Waals surface area contributed by atoms with E-state index in [9.17, 15) is 23.1 Å². The Kier molecular flexibility index (Phi) is 5.75. The molecule has 0 saturated heterocycles. The van der Waals surface area contributed by atoms with E-state index in [0.29, 0.717) is 6.42 Å². The van der Waals surface area contributed by atoms with E-state index in [1.165, 1.54) is 0 Å². The third-order valence-corrected chi connectivity index (χ3v) is 4.76. The first kappa shape index (κ1) is 22.1. The van der Waals surface area contributed by atoms with Crippen LogP contribution >= 0.6 is 0 Å². The number of nitrogens with one attached hydrogen (secondary N) is 1. The zero-order valence-electron chi connectivity index (χ0n) is 17.2. The SMILES string of the molecule is CC(C)(C)c1cc(CCC(=O)c2[nH]ccc2C(F)(F)F)cc(C(C)(C)C)c1O. The molecule has 1 aromatic carbocycles. The third-order valence-electron chi connectivity index (χ3n) is 4.76. The van der Waals surface area contributed by atoms with Gasteiger partial charge in [-0.3, -0.25) is 4.79 Å². The monoisotopic (exact) mass is 395 g/mol. The third kappa shape index (κ3) is 4.78. The smallest absolute Gasteiger partial charge is 0.418 e. The first-order valence-electron chi connectivity index (χ1n) is 9.27. The van der Waals surface area contributed by atoms with Gasteiger partial charge in [-0.15, -0.1) is 0 Å². The van der Waals surface area contributed by atoms with Gasteiger partial charge in [0, 0.05) is 12.6 Å². The number of benzene rings is 1. The fourth-order valence-electron chi connectivity index (χ4n) is 3.20. The minimum Gasteiger partial charge on any atom is -0.507 e. The number of ketones is 1. The highest BCUT2D eigenvalue weighted by atomic mass is 19.4. The standard InChI is InChI=1S/C22H28F3NO2/c1-20(2,3)15-11-13(12-16(19(15)28)21(4,5)6)7-8-17(27)18-14(9-10-26-18)22(23,24)25/h9-12,26,28H,7-8H2,1-6H3. The zero-order chi connectivity index (χ0) is 21.5. The number of carbonyl (C=O) groups is 1. The summed E-state index contributed by atoms with van der Waals surface area (Å²) < 4.78 is 39.1. The molecule has 0 bridgehead atoms. The molecule has 0 spiro atoms. The van der Waals surface area contributed by atoms with E-state index in [1.807, 2.05) is 53.7 Å². The Labute approximate surface area is 164 Å². The van der Waals surface area contributed by atoms with E-state index < -0.39 is 23.2 Å². The molecule has 0 atom stereocenters. The summed E-state index contributed by atoms with van der Waals surface area (Å²) in [5.74, 6) is -0.348. The molecule has 1 heterocycles. The van der Waals surface area contributed by atoms with Gasteiger partial charge in [0.05, 0.1) is 11.3 Å². The second-order valence-electron chi connectivity index (χ2n) is 9.23. The highest BCUT2D eigenvalue weighted by Gasteiger charge is 2.36. The molecule has 0 unspecified atom stereocenters. The Morgan fingerprint density at radius 3 is 1.89 bits per heavy atom. The van der Waals surface area contributed by atoms with Crippen molar-refractivity contribution in [3.05, 3.63) is 52.3 Å². The fraction of sp³-hybridized carbons (Fsp3) is 0.500. The molecule has 0 aliphatic carbocycles. The van der Waals surface area contributed by atoms with Gasteiger partial charge in [-0.05, 0) is 40.0 Å². The van der Waals surface area contributed by atoms with Crippen molar-refractivity contribution in [1.82, 2.24) is 4.98 Å². The van der Waals surface area contributed by atoms with Gasteiger partial charge in [-0.25, -0.2) is 0 Å². The molecule has 154 valence electrons. The van der Waals surface area contributed by atoms with Gasteiger partial charge >= 0.3 is 6.18 Å². The summed E-state index contributed by atoms with van der Waals surface area (Å²) in [5, 5.41) is 10.7. The van der Waals surface area contributed by atoms with Crippen LogP contribution in [-0.2, 0) is 23.4 Å². The number of aromatic hydroxyl groups is 1. The molecule has 0 aliphatic heterocycles. The molecular weight excluding hydrogens is 367 g/mol. The number of aromatic nitrogens is 1. The van der Waals surface area contributed by atoms with Gasteiger partial charge in [0.1, 0.15) is 5.75 Å². The van der Waals surface area contributed by atoms with Crippen LogP contribution in [0, 0.1) is 0 Å². The average Bonchev–Trinajstić information content (AvgIpc) is 3.01. The van der Waals surface area contributed by atoms with Gasteiger partial charge < -0.3 is 10.1 Å². The van der Waals surface area contributed by atoms with E-state index in [0.717, 1.165) is 29.0 Å². The van der Waals surface area contributed by atoms with Crippen molar-refractivity contribution in [2.75, 3.05) is 0 Å². The van der Waals surface area contributed by atoms with Gasteiger partial charge in [0.25, 0.3) is 0 Å². The van der Waals surface area contributed by atoms with Gasteiger partial charge in [0.2, 0.25) is 0 Å². The van der Waals surface area contributed by atoms with Crippen LogP contribution in [0.15, 0.2) is 24.4 Å². The molecule has 0 amide bonds. The molecule has 1 aromatic heterocycles. The molecule has 2 aromatic rings. The van der Waals surface area contributed by atoms with Crippen LogP contribution in [0.2, 0.25) is 0 Å². The van der Waals surface area contributed by atoms with Crippen LogP contribution in [0.5, 0.6) is 5.75 Å². The Morgan fingerprint density at radius 2 is 1.46 bits per heavy atom. The number of hydrogen-bond donors (Lipinski definition) is 2. The summed E-state index contributed by atoms with van der Waals surface area (Å²) in [6, 6.07) is 4.57. The van der Waals surface area contributed by atoms with Crippen molar-refractivity contribution < 1.29 is 23.1 Å². The minimum atomic E-state index is -4.57. The lowest BCUT2D eigenvalue weighted by Gasteiger charge is -2.28. The second-order valence-corrected chi connectivity index (χ2v) is 9.23. The number of halogens is 3. The van der Waals surface area contributed by atoms with Crippen LogP contribution in [0.25, 0.3) is 0 Å². The molecule has 6 heteroatoms. The first-order chi connectivity index (χ1) is 12.6. The number of aryl methyl sites for hydroxylation is 1. The Balaban J connectivity index is 2.35. The van der Waals surface area contributed by atoms with Crippen LogP contribution in [0.3, 0.4) is 0 Å². The maximum absolute atomic E-state index is 13.0. The van der Waals surface area contributed by atoms with E-state index in [-0.39, 0.29) is 23.0 Å². The molecule has 0 aliphatic rings. The molecule has 0 fully saturated rings. The lowest BCUT2D eigenvalue weighted by molar-refractivity contribution is -0.137. The first-order valence-corrected chi connectivity index (χ1v) is 9.27. The van der Waals surface area contributed by atoms with Crippen LogP contribution in [-0.4, -0.2) is 15.9 Å². The van der Waals surface area contributed by atoms with Crippen molar-refractivity contribution in [3.8, 4) is 5.75 Å². The van der Waals surface area contributed by atoms with Gasteiger partial charge in [-0.2, -0.15) is 13.2 Å². The highest BCUT2D eigenvalue weighted by molar-refractivity contribution is 5.96. The van der Waals surface area contributed by atoms with Crippen molar-refractivity contribution in [2.24, 2.45) is 0 Å². The lowest BCUT2D eigenvalue weighted by Crippen LogP contribution is -2.18. The number of Topliss-reactive ketones (excluding diaryl/α,β-unsaturated/α-hetero) is 1. The van der Waals surface area contributed by atoms with Crippen molar-refractivity contribution in [2.45, 2.75) is 71.4 Å². The molecule has 3 nitrogen and oxygen atoms in total. The Hall–Kier alpha value is -2.24. The summed E-state index contributed by atoms with van der Waals surface area (Å²) in [4.78, 5) is 14.8. The van der Waals surface area contributed by atoms with Crippen LogP contribution < -0.4 is 0 Å². The summed E-state index contributed by atoms with van der Waals surface area (Å²) in [6.45, 7) is 11.9. The summed E-state index contributed by atoms with van der Waals surface area (Å²) in [6.07, 6.45) is -3.20. The molecule has 2 rings (SSSR count). The maximum Gasteiger partial charge on any atom is 0.418 e. The van der Waals surface area contributed by atoms with E-state index in [4.69, 9.17) is 0 Å². The molecular formula is C22H28F3NO2. The van der Waals surface area contributed by atoms with Crippen LogP contribution in [0.1, 0.15) is 80.7 Å². The number of carbonyl (C=O) groups excluding carboxylic acids is 1. The van der Waals surface area contributed by atoms with E-state index in [1.54, 1.807) is 0 Å². The normalized spacial score (nSPS) is 13.0. The number of phenolic OH excluding ortho intramolecular Hbond substituents is 1. The van der Waals surface area contributed by atoms with E-state index >= 15 is 0 Å². The maximum atomic E-state index is 13.0. The number of hydrogen-bond acceptors (Lipinski definition) is 2. The quantitative estimate of drug-likeness (QED) is 0.610. The molecule has 28 heavy (non-hydrogen) atoms. The number of rotatable bonds is 4. The fourth-order valence-corrected chi connectivity index (χ4v) is 3.20. The van der Waals surface area contributed by atoms with Crippen LogP contribution in [0.4, 0.5) is 13.2 Å². The van der Waals surface area contributed by atoms with E-state index in [2.05, 4.69) is 4.98 Å². The zero-order valence-corrected chi connectivity index (χ0v) is 17.2. The number of aromatic amines is 1. The van der Waals surface area contributed by atoms with Crippen molar-refractivity contribution in [3.63, 3.8) is 0 Å². The number of alkyl halides is 3. The second kappa shape index (κ2) is 7.30. The Bertz CT molecular complexity index is 830. The highest BCUT2D eigenvalue weighted by Crippen LogP contribution is 2.40. The summed E-state index contributed by atoms with van der Waals surface area (Å²) >= 11 is 0. The average molecular weight is 395 g/mol. The molecule has 0 saturated carbocycles. The predicted molar refractivity (Wildman–Crippen MR) is 104 cm³/mol. The van der Waals surface area contributed by atoms with Gasteiger partial charge in [-0.1, -0.05) is 53.7 Å². The van der Waals surface area contributed by atoms with Gasteiger partial charge in [0.15, 0.2) is 5.78 Å². The number of phenols is 1. The summed E-state index contributed by atoms with van der Waals surface area (Å²) in [7, 11) is 0. The number of H-pyrrole nitrogens is 1.